The van der Waals surface area contributed by atoms with Crippen molar-refractivity contribution in [2.45, 2.75) is 45.2 Å². The third kappa shape index (κ3) is 4.14. The Kier molecular flexibility index (Phi) is 5.02. The minimum Gasteiger partial charge on any atom is -0.326 e. The quantitative estimate of drug-likeness (QED) is 0.819. The Balaban J connectivity index is 1.69. The average Bonchev–Trinajstić information content (AvgIpc) is 2.41. The molecule has 2 rings (SSSR count). The first-order valence-electron chi connectivity index (χ1n) is 6.87. The van der Waals surface area contributed by atoms with Crippen LogP contribution < -0.4 is 11.1 Å². The summed E-state index contributed by atoms with van der Waals surface area (Å²) in [6.45, 7) is 2.80. The number of hydrogen-bond acceptors (Lipinski definition) is 2. The second-order valence-electron chi connectivity index (χ2n) is 5.16. The molecule has 1 aliphatic rings. The van der Waals surface area contributed by atoms with Crippen LogP contribution in [0.2, 0.25) is 0 Å². The zero-order valence-electron chi connectivity index (χ0n) is 10.6. The number of nitrogens with one attached hydrogen (secondary N) is 1. The van der Waals surface area contributed by atoms with E-state index in [0.29, 0.717) is 6.54 Å². The monoisotopic (exact) mass is 232 g/mol. The molecule has 3 N–H and O–H groups in total. The summed E-state index contributed by atoms with van der Waals surface area (Å²) in [5.74, 6) is 0.909. The molecule has 94 valence electrons. The van der Waals surface area contributed by atoms with Crippen molar-refractivity contribution >= 4 is 0 Å². The molecule has 0 unspecified atom stereocenters. The van der Waals surface area contributed by atoms with Gasteiger partial charge in [-0.2, -0.15) is 0 Å². The van der Waals surface area contributed by atoms with E-state index in [1.54, 1.807) is 0 Å². The predicted molar refractivity (Wildman–Crippen MR) is 72.6 cm³/mol. The van der Waals surface area contributed by atoms with Crippen LogP contribution in [-0.4, -0.2) is 6.54 Å². The number of rotatable bonds is 5. The summed E-state index contributed by atoms with van der Waals surface area (Å²) in [7, 11) is 0. The molecule has 0 atom stereocenters. The molecule has 0 bridgehead atoms. The first kappa shape index (κ1) is 12.6. The summed E-state index contributed by atoms with van der Waals surface area (Å²) < 4.78 is 0. The van der Waals surface area contributed by atoms with Crippen molar-refractivity contribution < 1.29 is 0 Å². The topological polar surface area (TPSA) is 38.0 Å². The molecule has 0 aliphatic heterocycles. The van der Waals surface area contributed by atoms with E-state index >= 15 is 0 Å². The van der Waals surface area contributed by atoms with Gasteiger partial charge in [-0.3, -0.25) is 0 Å². The highest BCUT2D eigenvalue weighted by molar-refractivity contribution is 5.22. The molecule has 0 amide bonds. The molecule has 2 nitrogen and oxygen atoms in total. The van der Waals surface area contributed by atoms with Gasteiger partial charge in [0.2, 0.25) is 0 Å². The lowest BCUT2D eigenvalue weighted by Gasteiger charge is -2.21. The highest BCUT2D eigenvalue weighted by atomic mass is 14.9. The van der Waals surface area contributed by atoms with Crippen LogP contribution >= 0.6 is 0 Å². The molecule has 1 aromatic carbocycles. The van der Waals surface area contributed by atoms with E-state index in [1.165, 1.54) is 49.8 Å². The molecule has 2 heteroatoms. The van der Waals surface area contributed by atoms with Gasteiger partial charge >= 0.3 is 0 Å². The van der Waals surface area contributed by atoms with E-state index in [-0.39, 0.29) is 0 Å². The third-order valence-corrected chi connectivity index (χ3v) is 3.75. The van der Waals surface area contributed by atoms with Crippen molar-refractivity contribution in [3.05, 3.63) is 35.4 Å². The Morgan fingerprint density at radius 2 is 1.65 bits per heavy atom. The fraction of sp³-hybridized carbons (Fsp3) is 0.600. The number of nitrogens with two attached hydrogens (primary N) is 1. The van der Waals surface area contributed by atoms with Crippen molar-refractivity contribution in [2.75, 3.05) is 6.54 Å². The zero-order chi connectivity index (χ0) is 11.9. The summed E-state index contributed by atoms with van der Waals surface area (Å²) in [6.07, 6.45) is 7.13. The van der Waals surface area contributed by atoms with Gasteiger partial charge in [-0.15, -0.1) is 0 Å². The molecule has 1 aromatic rings. The smallest absolute Gasteiger partial charge is 0.0205 e. The van der Waals surface area contributed by atoms with Crippen LogP contribution in [0.4, 0.5) is 0 Å². The van der Waals surface area contributed by atoms with E-state index < -0.39 is 0 Å². The summed E-state index contributed by atoms with van der Waals surface area (Å²) in [5.41, 5.74) is 8.15. The van der Waals surface area contributed by atoms with E-state index in [0.717, 1.165) is 12.5 Å². The zero-order valence-corrected chi connectivity index (χ0v) is 10.6. The Morgan fingerprint density at radius 3 is 2.29 bits per heavy atom. The molecule has 0 saturated heterocycles. The van der Waals surface area contributed by atoms with Crippen LogP contribution in [0.1, 0.15) is 43.2 Å². The van der Waals surface area contributed by atoms with Crippen molar-refractivity contribution in [3.63, 3.8) is 0 Å². The van der Waals surface area contributed by atoms with Crippen molar-refractivity contribution in [2.24, 2.45) is 11.7 Å². The lowest BCUT2D eigenvalue weighted by atomic mass is 9.89. The summed E-state index contributed by atoms with van der Waals surface area (Å²) in [5, 5.41) is 3.58. The summed E-state index contributed by atoms with van der Waals surface area (Å²) >= 11 is 0. The molecule has 17 heavy (non-hydrogen) atoms. The van der Waals surface area contributed by atoms with Gasteiger partial charge in [0.05, 0.1) is 0 Å². The van der Waals surface area contributed by atoms with Crippen LogP contribution in [-0.2, 0) is 13.1 Å². The molecule has 0 radical (unpaired) electrons. The second-order valence-corrected chi connectivity index (χ2v) is 5.16. The van der Waals surface area contributed by atoms with Gasteiger partial charge in [0.1, 0.15) is 0 Å². The average molecular weight is 232 g/mol. The van der Waals surface area contributed by atoms with Gasteiger partial charge in [0, 0.05) is 13.1 Å². The van der Waals surface area contributed by atoms with Crippen LogP contribution in [0.15, 0.2) is 24.3 Å². The van der Waals surface area contributed by atoms with E-state index in [9.17, 15) is 0 Å². The maximum absolute atomic E-state index is 5.58. The van der Waals surface area contributed by atoms with Gasteiger partial charge in [-0.05, 0) is 36.4 Å². The fourth-order valence-electron chi connectivity index (χ4n) is 2.61. The highest BCUT2D eigenvalue weighted by Crippen LogP contribution is 2.22. The van der Waals surface area contributed by atoms with E-state index in [2.05, 4.69) is 29.6 Å². The van der Waals surface area contributed by atoms with Crippen molar-refractivity contribution in [3.8, 4) is 0 Å². The van der Waals surface area contributed by atoms with Gasteiger partial charge in [-0.1, -0.05) is 43.5 Å². The Bertz CT molecular complexity index is 312. The molecular weight excluding hydrogens is 208 g/mol. The van der Waals surface area contributed by atoms with E-state index in [4.69, 9.17) is 5.73 Å². The number of benzene rings is 1. The van der Waals surface area contributed by atoms with Gasteiger partial charge < -0.3 is 11.1 Å². The van der Waals surface area contributed by atoms with Crippen LogP contribution in [0.5, 0.6) is 0 Å². The maximum Gasteiger partial charge on any atom is 0.0205 e. The molecule has 0 heterocycles. The SMILES string of the molecule is NCc1ccc(CNCC2CCCCC2)cc1. The van der Waals surface area contributed by atoms with E-state index in [1.807, 2.05) is 0 Å². The largest absolute Gasteiger partial charge is 0.326 e. The van der Waals surface area contributed by atoms with Crippen LogP contribution in [0.3, 0.4) is 0 Å². The predicted octanol–water partition coefficient (Wildman–Crippen LogP) is 2.82. The minimum atomic E-state index is 0.635. The van der Waals surface area contributed by atoms with Crippen molar-refractivity contribution in [1.29, 1.82) is 0 Å². The van der Waals surface area contributed by atoms with Gasteiger partial charge in [-0.25, -0.2) is 0 Å². The van der Waals surface area contributed by atoms with Crippen molar-refractivity contribution in [1.82, 2.24) is 5.32 Å². The normalized spacial score (nSPS) is 17.2. The maximum atomic E-state index is 5.58. The standard InChI is InChI=1S/C15H24N2/c16-10-13-6-8-15(9-7-13)12-17-11-14-4-2-1-3-5-14/h6-9,14,17H,1-5,10-12,16H2. The Labute approximate surface area is 105 Å². The molecule has 0 spiro atoms. The molecular formula is C15H24N2. The highest BCUT2D eigenvalue weighted by Gasteiger charge is 2.12. The summed E-state index contributed by atoms with van der Waals surface area (Å²) in [4.78, 5) is 0. The second kappa shape index (κ2) is 6.77. The van der Waals surface area contributed by atoms with Gasteiger partial charge in [0.15, 0.2) is 0 Å². The fourth-order valence-corrected chi connectivity index (χ4v) is 2.61. The molecule has 0 aromatic heterocycles. The van der Waals surface area contributed by atoms with Gasteiger partial charge in [0.25, 0.3) is 0 Å². The van der Waals surface area contributed by atoms with Crippen LogP contribution in [0.25, 0.3) is 0 Å². The molecule has 1 aliphatic carbocycles. The number of hydrogen-bond donors (Lipinski definition) is 2. The lowest BCUT2D eigenvalue weighted by molar-refractivity contribution is 0.342. The first-order chi connectivity index (χ1) is 8.38. The molecule has 1 saturated carbocycles. The Hall–Kier alpha value is -0.860. The lowest BCUT2D eigenvalue weighted by Crippen LogP contribution is -2.24. The first-order valence-corrected chi connectivity index (χ1v) is 6.87. The molecule has 1 fully saturated rings. The Morgan fingerprint density at radius 1 is 1.00 bits per heavy atom. The minimum absolute atomic E-state index is 0.635. The summed E-state index contributed by atoms with van der Waals surface area (Å²) in [6, 6.07) is 8.60. The third-order valence-electron chi connectivity index (χ3n) is 3.75. The van der Waals surface area contributed by atoms with Crippen LogP contribution in [0, 0.1) is 5.92 Å².